The predicted octanol–water partition coefficient (Wildman–Crippen LogP) is 2.81. The fourth-order valence-electron chi connectivity index (χ4n) is 2.28. The van der Waals surface area contributed by atoms with Crippen LogP contribution in [0.15, 0.2) is 18.2 Å². The van der Waals surface area contributed by atoms with Crippen molar-refractivity contribution in [1.82, 2.24) is 10.6 Å². The van der Waals surface area contributed by atoms with Crippen LogP contribution < -0.4 is 20.1 Å². The Morgan fingerprint density at radius 1 is 1.35 bits per heavy atom. The molecule has 2 N–H and O–H groups in total. The van der Waals surface area contributed by atoms with Crippen molar-refractivity contribution in [2.24, 2.45) is 0 Å². The summed E-state index contributed by atoms with van der Waals surface area (Å²) in [5.41, 5.74) is 0.560. The number of para-hydroxylation sites is 1. The topological polar surface area (TPSA) is 68.8 Å². The zero-order chi connectivity index (χ0) is 16.9. The van der Waals surface area contributed by atoms with Crippen LogP contribution in [0.1, 0.15) is 39.7 Å². The van der Waals surface area contributed by atoms with Crippen molar-refractivity contribution in [1.29, 1.82) is 0 Å². The van der Waals surface area contributed by atoms with Crippen LogP contribution >= 0.6 is 0 Å². The molecule has 0 fully saturated rings. The lowest BCUT2D eigenvalue weighted by Crippen LogP contribution is -2.43. The molecule has 0 aliphatic carbocycles. The van der Waals surface area contributed by atoms with Crippen molar-refractivity contribution in [3.05, 3.63) is 23.8 Å². The van der Waals surface area contributed by atoms with Gasteiger partial charge in [0.15, 0.2) is 11.5 Å². The van der Waals surface area contributed by atoms with Crippen LogP contribution in [0, 0.1) is 0 Å². The lowest BCUT2D eigenvalue weighted by Gasteiger charge is -2.23. The molecule has 1 aromatic carbocycles. The minimum atomic E-state index is -0.488. The molecule has 6 heteroatoms. The van der Waals surface area contributed by atoms with Gasteiger partial charge >= 0.3 is 6.09 Å². The number of carbonyl (C=O) groups excluding carboxylic acids is 1. The smallest absolute Gasteiger partial charge is 0.407 e. The number of ether oxygens (including phenoxy) is 3. The van der Waals surface area contributed by atoms with Gasteiger partial charge < -0.3 is 24.8 Å². The van der Waals surface area contributed by atoms with Gasteiger partial charge in [0.05, 0.1) is 0 Å². The summed E-state index contributed by atoms with van der Waals surface area (Å²) >= 11 is 0. The highest BCUT2D eigenvalue weighted by molar-refractivity contribution is 5.68. The number of fused-ring (bicyclic) bond motifs is 1. The van der Waals surface area contributed by atoms with Crippen LogP contribution in [-0.4, -0.2) is 31.1 Å². The fraction of sp³-hybridized carbons (Fsp3) is 0.588. The molecule has 128 valence electrons. The monoisotopic (exact) mass is 322 g/mol. The molecular weight excluding hydrogens is 296 g/mol. The fourth-order valence-corrected chi connectivity index (χ4v) is 2.28. The summed E-state index contributed by atoms with van der Waals surface area (Å²) in [6, 6.07) is 5.85. The molecule has 23 heavy (non-hydrogen) atoms. The Balaban J connectivity index is 1.80. The molecule has 0 bridgehead atoms. The average molecular weight is 322 g/mol. The Kier molecular flexibility index (Phi) is 5.71. The first kappa shape index (κ1) is 17.4. The second-order valence-corrected chi connectivity index (χ2v) is 6.53. The van der Waals surface area contributed by atoms with Crippen molar-refractivity contribution in [3.63, 3.8) is 0 Å². The van der Waals surface area contributed by atoms with Crippen LogP contribution in [0.25, 0.3) is 0 Å². The van der Waals surface area contributed by atoms with Crippen molar-refractivity contribution >= 4 is 6.09 Å². The van der Waals surface area contributed by atoms with E-state index in [2.05, 4.69) is 10.6 Å². The van der Waals surface area contributed by atoms with E-state index in [0.717, 1.165) is 23.5 Å². The van der Waals surface area contributed by atoms with E-state index in [1.54, 1.807) is 0 Å². The Morgan fingerprint density at radius 2 is 2.13 bits per heavy atom. The second-order valence-electron chi connectivity index (χ2n) is 6.53. The third-order valence-corrected chi connectivity index (χ3v) is 3.40. The predicted molar refractivity (Wildman–Crippen MR) is 87.7 cm³/mol. The summed E-state index contributed by atoms with van der Waals surface area (Å²) in [5.74, 6) is 1.58. The Morgan fingerprint density at radius 3 is 2.83 bits per heavy atom. The normalized spacial score (nSPS) is 14.4. The summed E-state index contributed by atoms with van der Waals surface area (Å²) in [7, 11) is 0. The summed E-state index contributed by atoms with van der Waals surface area (Å²) < 4.78 is 16.1. The van der Waals surface area contributed by atoms with Crippen LogP contribution in [0.2, 0.25) is 0 Å². The number of amides is 1. The molecule has 0 saturated carbocycles. The van der Waals surface area contributed by atoms with Gasteiger partial charge in [-0.05, 0) is 33.3 Å². The average Bonchev–Trinajstić information content (AvgIpc) is 2.93. The Hall–Kier alpha value is -1.95. The van der Waals surface area contributed by atoms with Crippen molar-refractivity contribution < 1.29 is 19.0 Å². The standard InChI is InChI=1S/C17H26N2O4/c1-5-13(19-16(20)23-17(2,3)4)10-18-9-12-7-6-8-14-15(12)22-11-21-14/h6-8,13,18H,5,9-11H2,1-4H3,(H,19,20). The molecule has 1 unspecified atom stereocenters. The molecule has 0 aromatic heterocycles. The van der Waals surface area contributed by atoms with Gasteiger partial charge in [0, 0.05) is 24.7 Å². The minimum absolute atomic E-state index is 0.0128. The van der Waals surface area contributed by atoms with E-state index in [-0.39, 0.29) is 18.9 Å². The summed E-state index contributed by atoms with van der Waals surface area (Å²) in [6.07, 6.45) is 0.433. The zero-order valence-electron chi connectivity index (χ0n) is 14.3. The van der Waals surface area contributed by atoms with Gasteiger partial charge in [-0.1, -0.05) is 19.1 Å². The molecule has 1 amide bonds. The molecule has 0 radical (unpaired) electrons. The van der Waals surface area contributed by atoms with Gasteiger partial charge in [-0.2, -0.15) is 0 Å². The number of hydrogen-bond acceptors (Lipinski definition) is 5. The van der Waals surface area contributed by atoms with E-state index in [4.69, 9.17) is 14.2 Å². The number of rotatable bonds is 6. The summed E-state index contributed by atoms with van der Waals surface area (Å²) in [5, 5.41) is 6.23. The molecule has 1 aliphatic heterocycles. The molecule has 0 saturated heterocycles. The van der Waals surface area contributed by atoms with Crippen molar-refractivity contribution in [2.45, 2.75) is 52.3 Å². The maximum absolute atomic E-state index is 11.8. The number of nitrogens with one attached hydrogen (secondary N) is 2. The molecule has 0 spiro atoms. The third-order valence-electron chi connectivity index (χ3n) is 3.40. The second kappa shape index (κ2) is 7.55. The Labute approximate surface area is 137 Å². The first-order valence-electron chi connectivity index (χ1n) is 7.96. The molecule has 2 rings (SSSR count). The quantitative estimate of drug-likeness (QED) is 0.843. The number of carbonyl (C=O) groups is 1. The van der Waals surface area contributed by atoms with E-state index < -0.39 is 5.60 Å². The molecule has 1 aliphatic rings. The van der Waals surface area contributed by atoms with Crippen molar-refractivity contribution in [2.75, 3.05) is 13.3 Å². The van der Waals surface area contributed by atoms with Crippen LogP contribution in [0.3, 0.4) is 0 Å². The van der Waals surface area contributed by atoms with Crippen LogP contribution in [0.4, 0.5) is 4.79 Å². The van der Waals surface area contributed by atoms with Gasteiger partial charge in [0.2, 0.25) is 6.79 Å². The summed E-state index contributed by atoms with van der Waals surface area (Å²) in [6.45, 7) is 9.15. The van der Waals surface area contributed by atoms with E-state index in [1.807, 2.05) is 45.9 Å². The van der Waals surface area contributed by atoms with E-state index in [0.29, 0.717) is 13.1 Å². The van der Waals surface area contributed by atoms with Gasteiger partial charge in [-0.25, -0.2) is 4.79 Å². The van der Waals surface area contributed by atoms with E-state index in [1.165, 1.54) is 0 Å². The maximum Gasteiger partial charge on any atom is 0.407 e. The number of benzene rings is 1. The van der Waals surface area contributed by atoms with Gasteiger partial charge in [0.25, 0.3) is 0 Å². The lowest BCUT2D eigenvalue weighted by atomic mass is 10.1. The van der Waals surface area contributed by atoms with Gasteiger partial charge in [-0.3, -0.25) is 0 Å². The van der Waals surface area contributed by atoms with Crippen molar-refractivity contribution in [3.8, 4) is 11.5 Å². The molecular formula is C17H26N2O4. The highest BCUT2D eigenvalue weighted by Gasteiger charge is 2.19. The van der Waals surface area contributed by atoms with E-state index in [9.17, 15) is 4.79 Å². The van der Waals surface area contributed by atoms with Gasteiger partial charge in [0.1, 0.15) is 5.60 Å². The number of hydrogen-bond donors (Lipinski definition) is 2. The largest absolute Gasteiger partial charge is 0.454 e. The first-order valence-corrected chi connectivity index (χ1v) is 7.96. The maximum atomic E-state index is 11.8. The Bertz CT molecular complexity index is 540. The highest BCUT2D eigenvalue weighted by Crippen LogP contribution is 2.35. The third kappa shape index (κ3) is 5.32. The molecule has 1 heterocycles. The first-order chi connectivity index (χ1) is 10.9. The summed E-state index contributed by atoms with van der Waals surface area (Å²) in [4.78, 5) is 11.8. The van der Waals surface area contributed by atoms with Crippen LogP contribution in [0.5, 0.6) is 11.5 Å². The highest BCUT2D eigenvalue weighted by atomic mass is 16.7. The zero-order valence-corrected chi connectivity index (χ0v) is 14.3. The molecule has 1 aromatic rings. The number of alkyl carbamates (subject to hydrolysis) is 1. The minimum Gasteiger partial charge on any atom is -0.454 e. The van der Waals surface area contributed by atoms with Gasteiger partial charge in [-0.15, -0.1) is 0 Å². The molecule has 1 atom stereocenters. The van der Waals surface area contributed by atoms with Crippen LogP contribution in [-0.2, 0) is 11.3 Å². The SMILES string of the molecule is CCC(CNCc1cccc2c1OCO2)NC(=O)OC(C)(C)C. The lowest BCUT2D eigenvalue weighted by molar-refractivity contribution is 0.0502. The molecule has 6 nitrogen and oxygen atoms in total. The van der Waals surface area contributed by atoms with E-state index >= 15 is 0 Å².